The molecule has 2 rings (SSSR count). The highest BCUT2D eigenvalue weighted by atomic mass is 16.3. The molecule has 0 aromatic heterocycles. The average molecular weight is 275 g/mol. The van der Waals surface area contributed by atoms with E-state index in [2.05, 4.69) is 50.2 Å². The van der Waals surface area contributed by atoms with Gasteiger partial charge in [0.15, 0.2) is 0 Å². The van der Waals surface area contributed by atoms with Gasteiger partial charge in [-0.1, -0.05) is 49.9 Å². The SMILES string of the molecule is Cc1ccccc1CC(O)C1(N(C)C)CCCCCC1. The second kappa shape index (κ2) is 6.73. The molecule has 0 spiro atoms. The molecule has 0 aliphatic heterocycles. The van der Waals surface area contributed by atoms with Crippen LogP contribution in [0.1, 0.15) is 49.7 Å². The zero-order valence-electron chi connectivity index (χ0n) is 13.2. The number of nitrogens with zero attached hydrogens (tertiary/aromatic N) is 1. The molecule has 2 nitrogen and oxygen atoms in total. The van der Waals surface area contributed by atoms with Crippen LogP contribution in [-0.4, -0.2) is 35.7 Å². The van der Waals surface area contributed by atoms with E-state index < -0.39 is 0 Å². The molecule has 1 aliphatic carbocycles. The predicted molar refractivity (Wildman–Crippen MR) is 85.0 cm³/mol. The normalized spacial score (nSPS) is 20.6. The van der Waals surface area contributed by atoms with Crippen molar-refractivity contribution in [2.45, 2.75) is 63.5 Å². The molecule has 1 aliphatic rings. The first-order chi connectivity index (χ1) is 9.56. The molecule has 1 fully saturated rings. The number of aliphatic hydroxyl groups excluding tert-OH is 1. The molecule has 1 aromatic carbocycles. The number of aliphatic hydroxyl groups is 1. The summed E-state index contributed by atoms with van der Waals surface area (Å²) in [5.41, 5.74) is 2.53. The van der Waals surface area contributed by atoms with Crippen LogP contribution in [0.15, 0.2) is 24.3 Å². The molecule has 1 atom stereocenters. The number of benzene rings is 1. The van der Waals surface area contributed by atoms with Crippen molar-refractivity contribution in [3.8, 4) is 0 Å². The molecular weight excluding hydrogens is 246 g/mol. The van der Waals surface area contributed by atoms with Crippen LogP contribution < -0.4 is 0 Å². The van der Waals surface area contributed by atoms with E-state index in [1.165, 1.54) is 36.8 Å². The quantitative estimate of drug-likeness (QED) is 0.849. The Hall–Kier alpha value is -0.860. The molecule has 0 radical (unpaired) electrons. The maximum Gasteiger partial charge on any atom is 0.0763 e. The summed E-state index contributed by atoms with van der Waals surface area (Å²) < 4.78 is 0. The van der Waals surface area contributed by atoms with Crippen molar-refractivity contribution < 1.29 is 5.11 Å². The fourth-order valence-corrected chi connectivity index (χ4v) is 3.66. The third kappa shape index (κ3) is 3.24. The first-order valence-electron chi connectivity index (χ1n) is 7.96. The molecule has 112 valence electrons. The number of hydrogen-bond acceptors (Lipinski definition) is 2. The van der Waals surface area contributed by atoms with Crippen LogP contribution in [0.2, 0.25) is 0 Å². The first kappa shape index (κ1) is 15.5. The van der Waals surface area contributed by atoms with Gasteiger partial charge in [0.25, 0.3) is 0 Å². The Morgan fingerprint density at radius 1 is 1.10 bits per heavy atom. The third-order valence-electron chi connectivity index (χ3n) is 5.15. The van der Waals surface area contributed by atoms with Crippen molar-refractivity contribution in [3.05, 3.63) is 35.4 Å². The Kier molecular flexibility index (Phi) is 5.22. The highest BCUT2D eigenvalue weighted by Crippen LogP contribution is 2.35. The minimum atomic E-state index is -0.281. The Balaban J connectivity index is 2.18. The molecule has 1 unspecified atom stereocenters. The van der Waals surface area contributed by atoms with Gasteiger partial charge in [0, 0.05) is 12.0 Å². The van der Waals surface area contributed by atoms with E-state index in [0.29, 0.717) is 0 Å². The van der Waals surface area contributed by atoms with Crippen LogP contribution in [0.5, 0.6) is 0 Å². The molecule has 0 amide bonds. The highest BCUT2D eigenvalue weighted by Gasteiger charge is 2.40. The molecule has 2 heteroatoms. The number of aryl methyl sites for hydroxylation is 1. The molecule has 0 bridgehead atoms. The number of hydrogen-bond donors (Lipinski definition) is 1. The van der Waals surface area contributed by atoms with E-state index in [4.69, 9.17) is 0 Å². The Morgan fingerprint density at radius 3 is 2.25 bits per heavy atom. The van der Waals surface area contributed by atoms with E-state index in [-0.39, 0.29) is 11.6 Å². The maximum absolute atomic E-state index is 11.0. The Labute approximate surface area is 123 Å². The van der Waals surface area contributed by atoms with Gasteiger partial charge in [-0.25, -0.2) is 0 Å². The second-order valence-corrected chi connectivity index (χ2v) is 6.56. The fraction of sp³-hybridized carbons (Fsp3) is 0.667. The van der Waals surface area contributed by atoms with E-state index in [1.807, 2.05) is 0 Å². The van der Waals surface area contributed by atoms with Gasteiger partial charge in [-0.3, -0.25) is 0 Å². The lowest BCUT2D eigenvalue weighted by atomic mass is 9.80. The first-order valence-corrected chi connectivity index (χ1v) is 7.96. The van der Waals surface area contributed by atoms with Gasteiger partial charge in [-0.15, -0.1) is 0 Å². The summed E-state index contributed by atoms with van der Waals surface area (Å²) in [7, 11) is 4.26. The van der Waals surface area contributed by atoms with Gasteiger partial charge in [-0.05, 0) is 45.0 Å². The van der Waals surface area contributed by atoms with Gasteiger partial charge in [-0.2, -0.15) is 0 Å². The third-order valence-corrected chi connectivity index (χ3v) is 5.15. The molecule has 1 saturated carbocycles. The minimum Gasteiger partial charge on any atom is -0.391 e. The van der Waals surface area contributed by atoms with Crippen molar-refractivity contribution >= 4 is 0 Å². The second-order valence-electron chi connectivity index (χ2n) is 6.56. The Morgan fingerprint density at radius 2 is 1.70 bits per heavy atom. The molecular formula is C18H29NO. The van der Waals surface area contributed by atoms with E-state index in [1.54, 1.807) is 0 Å². The predicted octanol–water partition coefficient (Wildman–Crippen LogP) is 3.55. The molecule has 1 N–H and O–H groups in total. The Bertz CT molecular complexity index is 419. The lowest BCUT2D eigenvalue weighted by Gasteiger charge is -2.43. The summed E-state index contributed by atoms with van der Waals surface area (Å²) in [6.07, 6.45) is 7.83. The van der Waals surface area contributed by atoms with Crippen molar-refractivity contribution in [1.29, 1.82) is 0 Å². The lowest BCUT2D eigenvalue weighted by molar-refractivity contribution is -0.0175. The van der Waals surface area contributed by atoms with Gasteiger partial charge in [0.1, 0.15) is 0 Å². The number of likely N-dealkylation sites (N-methyl/N-ethyl adjacent to an activating group) is 1. The van der Waals surface area contributed by atoms with Crippen molar-refractivity contribution in [3.63, 3.8) is 0 Å². The standard InChI is InChI=1S/C18H29NO/c1-15-10-6-7-11-16(15)14-17(20)18(19(2)3)12-8-4-5-9-13-18/h6-7,10-11,17,20H,4-5,8-9,12-14H2,1-3H3. The van der Waals surface area contributed by atoms with Crippen molar-refractivity contribution in [1.82, 2.24) is 4.90 Å². The van der Waals surface area contributed by atoms with Crippen LogP contribution in [-0.2, 0) is 6.42 Å². The van der Waals surface area contributed by atoms with Crippen molar-refractivity contribution in [2.24, 2.45) is 0 Å². The van der Waals surface area contributed by atoms with Gasteiger partial charge >= 0.3 is 0 Å². The van der Waals surface area contributed by atoms with Crippen LogP contribution >= 0.6 is 0 Å². The summed E-state index contributed by atoms with van der Waals surface area (Å²) in [6.45, 7) is 2.14. The molecule has 0 saturated heterocycles. The van der Waals surface area contributed by atoms with E-state index >= 15 is 0 Å². The van der Waals surface area contributed by atoms with Gasteiger partial charge in [0.2, 0.25) is 0 Å². The summed E-state index contributed by atoms with van der Waals surface area (Å²) in [4.78, 5) is 2.28. The molecule has 1 aromatic rings. The van der Waals surface area contributed by atoms with Gasteiger partial charge in [0.05, 0.1) is 6.10 Å². The fourth-order valence-electron chi connectivity index (χ4n) is 3.66. The minimum absolute atomic E-state index is 0.0429. The number of rotatable bonds is 4. The smallest absolute Gasteiger partial charge is 0.0763 e. The van der Waals surface area contributed by atoms with Crippen LogP contribution in [0.4, 0.5) is 0 Å². The largest absolute Gasteiger partial charge is 0.391 e. The topological polar surface area (TPSA) is 23.5 Å². The monoisotopic (exact) mass is 275 g/mol. The van der Waals surface area contributed by atoms with Crippen LogP contribution in [0, 0.1) is 6.92 Å². The zero-order chi connectivity index (χ0) is 14.6. The average Bonchev–Trinajstić information content (AvgIpc) is 2.68. The van der Waals surface area contributed by atoms with E-state index in [9.17, 15) is 5.11 Å². The van der Waals surface area contributed by atoms with Crippen LogP contribution in [0.3, 0.4) is 0 Å². The van der Waals surface area contributed by atoms with E-state index in [0.717, 1.165) is 19.3 Å². The molecule has 0 heterocycles. The summed E-state index contributed by atoms with van der Waals surface area (Å²) in [5.74, 6) is 0. The van der Waals surface area contributed by atoms with Crippen molar-refractivity contribution in [2.75, 3.05) is 14.1 Å². The highest BCUT2D eigenvalue weighted by molar-refractivity contribution is 5.26. The lowest BCUT2D eigenvalue weighted by Crippen LogP contribution is -2.54. The van der Waals surface area contributed by atoms with Gasteiger partial charge < -0.3 is 10.0 Å². The summed E-state index contributed by atoms with van der Waals surface area (Å²) >= 11 is 0. The van der Waals surface area contributed by atoms with Crippen LogP contribution in [0.25, 0.3) is 0 Å². The summed E-state index contributed by atoms with van der Waals surface area (Å²) in [6, 6.07) is 8.43. The maximum atomic E-state index is 11.0. The summed E-state index contributed by atoms with van der Waals surface area (Å²) in [5, 5.41) is 11.0. The zero-order valence-corrected chi connectivity index (χ0v) is 13.2. The molecule has 20 heavy (non-hydrogen) atoms.